The number of alkyl halides is 3. The first kappa shape index (κ1) is 11.3. The summed E-state index contributed by atoms with van der Waals surface area (Å²) >= 11 is 0. The van der Waals surface area contributed by atoms with Crippen LogP contribution in [0.3, 0.4) is 0 Å². The highest BCUT2D eigenvalue weighted by atomic mass is 19.3. The summed E-state index contributed by atoms with van der Waals surface area (Å²) in [4.78, 5) is 14.3. The molecule has 1 rings (SSSR count). The van der Waals surface area contributed by atoms with Crippen molar-refractivity contribution < 1.29 is 18.0 Å². The molecule has 1 unspecified atom stereocenters. The van der Waals surface area contributed by atoms with Crippen LogP contribution in [0.1, 0.15) is 22.1 Å². The monoisotopic (exact) mass is 219 g/mol. The van der Waals surface area contributed by atoms with Crippen molar-refractivity contribution in [3.05, 3.63) is 23.4 Å². The van der Waals surface area contributed by atoms with E-state index in [-0.39, 0.29) is 5.82 Å². The summed E-state index contributed by atoms with van der Waals surface area (Å²) in [5.41, 5.74) is 9.09. The summed E-state index contributed by atoms with van der Waals surface area (Å²) in [5, 5.41) is 0. The maximum absolute atomic E-state index is 13.0. The minimum Gasteiger partial charge on any atom is -0.383 e. The number of nitrogens with two attached hydrogens (primary N) is 2. The molecule has 0 saturated carbocycles. The Kier molecular flexibility index (Phi) is 3.13. The first-order chi connectivity index (χ1) is 6.95. The highest BCUT2D eigenvalue weighted by Crippen LogP contribution is 2.29. The number of rotatable bonds is 3. The molecule has 0 radical (unpaired) electrons. The zero-order chi connectivity index (χ0) is 11.6. The second-order valence-electron chi connectivity index (χ2n) is 2.76. The number of aromatic nitrogens is 1. The van der Waals surface area contributed by atoms with Crippen LogP contribution in [0.25, 0.3) is 0 Å². The summed E-state index contributed by atoms with van der Waals surface area (Å²) in [6, 6.07) is 0.952. The van der Waals surface area contributed by atoms with Gasteiger partial charge in [0.2, 0.25) is 0 Å². The van der Waals surface area contributed by atoms with E-state index in [4.69, 9.17) is 11.5 Å². The van der Waals surface area contributed by atoms with Gasteiger partial charge in [-0.1, -0.05) is 0 Å². The number of hydrogen-bond donors (Lipinski definition) is 2. The molecule has 0 aromatic carbocycles. The Hall–Kier alpha value is -1.79. The van der Waals surface area contributed by atoms with Gasteiger partial charge < -0.3 is 11.5 Å². The summed E-state index contributed by atoms with van der Waals surface area (Å²) in [7, 11) is 0. The lowest BCUT2D eigenvalue weighted by molar-refractivity contribution is 0.0490. The first-order valence-electron chi connectivity index (χ1n) is 3.91. The topological polar surface area (TPSA) is 82.0 Å². The van der Waals surface area contributed by atoms with Gasteiger partial charge in [-0.3, -0.25) is 4.79 Å². The molecular formula is C8H8F3N3O. The van der Waals surface area contributed by atoms with E-state index in [0.717, 1.165) is 12.3 Å². The van der Waals surface area contributed by atoms with Gasteiger partial charge in [0.15, 0.2) is 6.17 Å². The molecular weight excluding hydrogens is 211 g/mol. The van der Waals surface area contributed by atoms with E-state index in [2.05, 4.69) is 4.98 Å². The molecule has 1 aromatic heterocycles. The number of nitrogens with zero attached hydrogens (tertiary/aromatic N) is 1. The number of primary amides is 1. The maximum atomic E-state index is 13.0. The van der Waals surface area contributed by atoms with Crippen LogP contribution in [0.2, 0.25) is 0 Å². The van der Waals surface area contributed by atoms with Crippen molar-refractivity contribution in [2.45, 2.75) is 12.6 Å². The van der Waals surface area contributed by atoms with Gasteiger partial charge in [-0.05, 0) is 6.07 Å². The third-order valence-corrected chi connectivity index (χ3v) is 1.78. The third-order valence-electron chi connectivity index (χ3n) is 1.78. The van der Waals surface area contributed by atoms with Gasteiger partial charge in [-0.25, -0.2) is 18.2 Å². The molecule has 0 aliphatic carbocycles. The Morgan fingerprint density at radius 2 is 2.00 bits per heavy atom. The Labute approximate surface area is 83.1 Å². The van der Waals surface area contributed by atoms with Crippen LogP contribution in [0.15, 0.2) is 12.3 Å². The van der Waals surface area contributed by atoms with Gasteiger partial charge in [0.25, 0.3) is 12.3 Å². The summed E-state index contributed by atoms with van der Waals surface area (Å²) in [6.07, 6.45) is -4.81. The average molecular weight is 219 g/mol. The van der Waals surface area contributed by atoms with Crippen LogP contribution in [0.5, 0.6) is 0 Å². The van der Waals surface area contributed by atoms with Crippen LogP contribution < -0.4 is 11.5 Å². The van der Waals surface area contributed by atoms with Gasteiger partial charge in [0.1, 0.15) is 5.82 Å². The molecule has 0 fully saturated rings. The Morgan fingerprint density at radius 3 is 2.47 bits per heavy atom. The maximum Gasteiger partial charge on any atom is 0.273 e. The average Bonchev–Trinajstić information content (AvgIpc) is 2.15. The van der Waals surface area contributed by atoms with Crippen molar-refractivity contribution in [1.82, 2.24) is 4.98 Å². The van der Waals surface area contributed by atoms with Crippen molar-refractivity contribution >= 4 is 11.7 Å². The van der Waals surface area contributed by atoms with Crippen molar-refractivity contribution in [2.24, 2.45) is 5.73 Å². The standard InChI is InChI=1S/C8H8F3N3O/c9-5(6(10)11)3-1-2-14-7(12)4(3)8(13)15/h1-2,5-6H,(H2,12,14)(H2,13,15). The highest BCUT2D eigenvalue weighted by Gasteiger charge is 2.27. The van der Waals surface area contributed by atoms with Gasteiger partial charge >= 0.3 is 0 Å². The lowest BCUT2D eigenvalue weighted by Gasteiger charge is -2.11. The molecule has 0 saturated heterocycles. The van der Waals surface area contributed by atoms with Crippen molar-refractivity contribution in [1.29, 1.82) is 0 Å². The fourth-order valence-electron chi connectivity index (χ4n) is 1.13. The van der Waals surface area contributed by atoms with E-state index >= 15 is 0 Å². The van der Waals surface area contributed by atoms with Crippen LogP contribution in [0, 0.1) is 0 Å². The fourth-order valence-corrected chi connectivity index (χ4v) is 1.13. The number of carbonyl (C=O) groups excluding carboxylic acids is 1. The smallest absolute Gasteiger partial charge is 0.273 e. The highest BCUT2D eigenvalue weighted by molar-refractivity contribution is 5.98. The largest absolute Gasteiger partial charge is 0.383 e. The first-order valence-corrected chi connectivity index (χ1v) is 3.91. The number of pyridine rings is 1. The number of hydrogen-bond acceptors (Lipinski definition) is 3. The second kappa shape index (κ2) is 4.16. The van der Waals surface area contributed by atoms with Crippen molar-refractivity contribution in [2.75, 3.05) is 5.73 Å². The Balaban J connectivity index is 3.29. The normalized spacial score (nSPS) is 12.8. The molecule has 1 heterocycles. The fraction of sp³-hybridized carbons (Fsp3) is 0.250. The van der Waals surface area contributed by atoms with E-state index in [1.807, 2.05) is 0 Å². The molecule has 15 heavy (non-hydrogen) atoms. The minimum atomic E-state index is -3.25. The number of nitrogen functional groups attached to an aromatic ring is 1. The van der Waals surface area contributed by atoms with E-state index in [1.54, 1.807) is 0 Å². The number of carbonyl (C=O) groups is 1. The number of amides is 1. The molecule has 1 aromatic rings. The molecule has 0 aliphatic rings. The van der Waals surface area contributed by atoms with E-state index in [1.165, 1.54) is 0 Å². The minimum absolute atomic E-state index is 0.358. The van der Waals surface area contributed by atoms with Crippen LogP contribution in [-0.4, -0.2) is 17.3 Å². The van der Waals surface area contributed by atoms with E-state index < -0.39 is 29.6 Å². The predicted molar refractivity (Wildman–Crippen MR) is 47.0 cm³/mol. The molecule has 0 spiro atoms. The molecule has 4 nitrogen and oxygen atoms in total. The summed E-state index contributed by atoms with van der Waals surface area (Å²) in [6.45, 7) is 0. The van der Waals surface area contributed by atoms with Crippen molar-refractivity contribution in [3.63, 3.8) is 0 Å². The van der Waals surface area contributed by atoms with E-state index in [0.29, 0.717) is 0 Å². The third kappa shape index (κ3) is 2.17. The molecule has 1 amide bonds. The number of halogens is 3. The van der Waals surface area contributed by atoms with Crippen molar-refractivity contribution in [3.8, 4) is 0 Å². The van der Waals surface area contributed by atoms with Crippen LogP contribution in [0.4, 0.5) is 19.0 Å². The SMILES string of the molecule is NC(=O)c1c(C(F)C(F)F)ccnc1N. The van der Waals surface area contributed by atoms with E-state index in [9.17, 15) is 18.0 Å². The zero-order valence-corrected chi connectivity index (χ0v) is 7.45. The summed E-state index contributed by atoms with van der Waals surface area (Å²) < 4.78 is 37.2. The summed E-state index contributed by atoms with van der Waals surface area (Å²) in [5.74, 6) is -1.44. The quantitative estimate of drug-likeness (QED) is 0.796. The van der Waals surface area contributed by atoms with Gasteiger partial charge in [-0.2, -0.15) is 0 Å². The van der Waals surface area contributed by atoms with Crippen LogP contribution in [-0.2, 0) is 0 Å². The van der Waals surface area contributed by atoms with Crippen LogP contribution >= 0.6 is 0 Å². The molecule has 0 bridgehead atoms. The molecule has 4 N–H and O–H groups in total. The van der Waals surface area contributed by atoms with Gasteiger partial charge in [-0.15, -0.1) is 0 Å². The lowest BCUT2D eigenvalue weighted by atomic mass is 10.0. The second-order valence-corrected chi connectivity index (χ2v) is 2.76. The Morgan fingerprint density at radius 1 is 1.40 bits per heavy atom. The van der Waals surface area contributed by atoms with Gasteiger partial charge in [0.05, 0.1) is 5.56 Å². The zero-order valence-electron chi connectivity index (χ0n) is 7.45. The molecule has 82 valence electrons. The molecule has 7 heteroatoms. The predicted octanol–water partition coefficient (Wildman–Crippen LogP) is 1.04. The number of anilines is 1. The molecule has 0 aliphatic heterocycles. The van der Waals surface area contributed by atoms with Gasteiger partial charge in [0, 0.05) is 11.8 Å². The lowest BCUT2D eigenvalue weighted by Crippen LogP contribution is -2.19. The molecule has 1 atom stereocenters. The Bertz CT molecular complexity index is 383.